The van der Waals surface area contributed by atoms with Crippen LogP contribution in [-0.4, -0.2) is 18.1 Å². The van der Waals surface area contributed by atoms with Crippen molar-refractivity contribution in [1.29, 1.82) is 0 Å². The fourth-order valence-corrected chi connectivity index (χ4v) is 1.83. The Labute approximate surface area is 105 Å². The van der Waals surface area contributed by atoms with Gasteiger partial charge in [-0.05, 0) is 25.5 Å². The lowest BCUT2D eigenvalue weighted by Crippen LogP contribution is -2.26. The summed E-state index contributed by atoms with van der Waals surface area (Å²) in [6, 6.07) is 2.36. The van der Waals surface area contributed by atoms with Gasteiger partial charge in [-0.1, -0.05) is 19.1 Å². The van der Waals surface area contributed by atoms with Crippen LogP contribution >= 0.6 is 12.2 Å². The van der Waals surface area contributed by atoms with Crippen molar-refractivity contribution < 1.29 is 8.78 Å². The number of thiocarbonyl (C=S) groups is 1. The minimum absolute atomic E-state index is 0.00523. The molecule has 1 rings (SSSR count). The molecule has 0 aromatic heterocycles. The fraction of sp³-hybridized carbons (Fsp3) is 0.417. The van der Waals surface area contributed by atoms with Crippen molar-refractivity contribution in [3.8, 4) is 0 Å². The molecular formula is C12H16F2N2S. The van der Waals surface area contributed by atoms with E-state index in [-0.39, 0.29) is 16.2 Å². The van der Waals surface area contributed by atoms with E-state index in [9.17, 15) is 8.78 Å². The lowest BCUT2D eigenvalue weighted by Gasteiger charge is -2.23. The number of anilines is 1. The summed E-state index contributed by atoms with van der Waals surface area (Å²) in [5, 5.41) is 0. The summed E-state index contributed by atoms with van der Waals surface area (Å²) in [7, 11) is 0. The van der Waals surface area contributed by atoms with Crippen molar-refractivity contribution >= 4 is 22.9 Å². The molecule has 0 heterocycles. The molecule has 0 aliphatic rings. The highest BCUT2D eigenvalue weighted by atomic mass is 32.1. The summed E-state index contributed by atoms with van der Waals surface area (Å²) in [5.41, 5.74) is 5.56. The lowest BCUT2D eigenvalue weighted by molar-refractivity contribution is 0.570. The predicted octanol–water partition coefficient (Wildman–Crippen LogP) is 2.84. The van der Waals surface area contributed by atoms with Crippen molar-refractivity contribution in [2.24, 2.45) is 5.73 Å². The molecule has 0 aliphatic carbocycles. The maximum Gasteiger partial charge on any atom is 0.150 e. The smallest absolute Gasteiger partial charge is 0.150 e. The first-order valence-corrected chi connectivity index (χ1v) is 5.95. The topological polar surface area (TPSA) is 29.3 Å². The summed E-state index contributed by atoms with van der Waals surface area (Å²) in [5.74, 6) is -1.24. The molecule has 1 aromatic carbocycles. The van der Waals surface area contributed by atoms with Gasteiger partial charge in [-0.25, -0.2) is 8.78 Å². The van der Waals surface area contributed by atoms with Crippen LogP contribution in [0.2, 0.25) is 0 Å². The first-order valence-electron chi connectivity index (χ1n) is 5.55. The van der Waals surface area contributed by atoms with Crippen LogP contribution < -0.4 is 10.6 Å². The molecule has 0 unspecified atom stereocenters. The maximum atomic E-state index is 13.8. The largest absolute Gasteiger partial charge is 0.389 e. The van der Waals surface area contributed by atoms with E-state index in [4.69, 9.17) is 18.0 Å². The Bertz CT molecular complexity index is 398. The zero-order chi connectivity index (χ0) is 13.0. The van der Waals surface area contributed by atoms with Crippen LogP contribution in [0.25, 0.3) is 0 Å². The molecule has 94 valence electrons. The minimum Gasteiger partial charge on any atom is -0.389 e. The Kier molecular flexibility index (Phi) is 4.81. The summed E-state index contributed by atoms with van der Waals surface area (Å²) >= 11 is 4.70. The molecule has 2 nitrogen and oxygen atoms in total. The highest BCUT2D eigenvalue weighted by molar-refractivity contribution is 7.80. The molecular weight excluding hydrogens is 242 g/mol. The molecule has 1 aromatic rings. The average Bonchev–Trinajstić information content (AvgIpc) is 2.26. The van der Waals surface area contributed by atoms with Crippen LogP contribution in [0.3, 0.4) is 0 Å². The second-order valence-electron chi connectivity index (χ2n) is 3.73. The monoisotopic (exact) mass is 258 g/mol. The van der Waals surface area contributed by atoms with Crippen molar-refractivity contribution in [3.05, 3.63) is 29.3 Å². The van der Waals surface area contributed by atoms with Gasteiger partial charge in [-0.3, -0.25) is 0 Å². The second-order valence-corrected chi connectivity index (χ2v) is 4.17. The van der Waals surface area contributed by atoms with E-state index >= 15 is 0 Å². The van der Waals surface area contributed by atoms with Crippen LogP contribution in [-0.2, 0) is 0 Å². The first-order chi connectivity index (χ1) is 8.01. The van der Waals surface area contributed by atoms with Gasteiger partial charge in [0.1, 0.15) is 22.3 Å². The van der Waals surface area contributed by atoms with Crippen LogP contribution in [0.1, 0.15) is 25.8 Å². The van der Waals surface area contributed by atoms with Crippen molar-refractivity contribution in [3.63, 3.8) is 0 Å². The lowest BCUT2D eigenvalue weighted by atomic mass is 10.1. The molecule has 17 heavy (non-hydrogen) atoms. The maximum absolute atomic E-state index is 13.8. The van der Waals surface area contributed by atoms with Crippen LogP contribution in [0.15, 0.2) is 12.1 Å². The van der Waals surface area contributed by atoms with E-state index in [0.29, 0.717) is 13.1 Å². The van der Waals surface area contributed by atoms with Crippen molar-refractivity contribution in [2.45, 2.75) is 20.3 Å². The molecule has 0 aliphatic heterocycles. The van der Waals surface area contributed by atoms with Crippen LogP contribution in [0, 0.1) is 11.6 Å². The van der Waals surface area contributed by atoms with E-state index in [1.54, 1.807) is 4.90 Å². The normalized spacial score (nSPS) is 10.4. The fourth-order valence-electron chi connectivity index (χ4n) is 1.71. The van der Waals surface area contributed by atoms with E-state index in [1.807, 2.05) is 13.8 Å². The molecule has 0 radical (unpaired) electrons. The summed E-state index contributed by atoms with van der Waals surface area (Å²) in [4.78, 5) is 1.65. The quantitative estimate of drug-likeness (QED) is 0.823. The summed E-state index contributed by atoms with van der Waals surface area (Å²) in [6.45, 7) is 4.97. The third kappa shape index (κ3) is 3.12. The van der Waals surface area contributed by atoms with E-state index < -0.39 is 11.6 Å². The second kappa shape index (κ2) is 5.91. The molecule has 0 fully saturated rings. The molecule has 0 bridgehead atoms. The Morgan fingerprint density at radius 3 is 2.18 bits per heavy atom. The van der Waals surface area contributed by atoms with Gasteiger partial charge >= 0.3 is 0 Å². The SMILES string of the molecule is CCCN(CC)c1c(F)cc(C(N)=S)cc1F. The van der Waals surface area contributed by atoms with Gasteiger partial charge in [0.2, 0.25) is 0 Å². The standard InChI is InChI=1S/C12H16F2N2S/c1-3-5-16(4-2)11-9(13)6-8(12(15)17)7-10(11)14/h6-7H,3-5H2,1-2H3,(H2,15,17). The van der Waals surface area contributed by atoms with Crippen molar-refractivity contribution in [2.75, 3.05) is 18.0 Å². The average molecular weight is 258 g/mol. The van der Waals surface area contributed by atoms with Gasteiger partial charge in [0.25, 0.3) is 0 Å². The zero-order valence-corrected chi connectivity index (χ0v) is 10.8. The molecule has 0 saturated carbocycles. The molecule has 2 N–H and O–H groups in total. The van der Waals surface area contributed by atoms with Crippen LogP contribution in [0.4, 0.5) is 14.5 Å². The Morgan fingerprint density at radius 2 is 1.82 bits per heavy atom. The van der Waals surface area contributed by atoms with Gasteiger partial charge in [0, 0.05) is 18.7 Å². The zero-order valence-electron chi connectivity index (χ0n) is 9.96. The summed E-state index contributed by atoms with van der Waals surface area (Å²) in [6.07, 6.45) is 0.823. The highest BCUT2D eigenvalue weighted by Gasteiger charge is 2.17. The van der Waals surface area contributed by atoms with E-state index in [1.165, 1.54) is 12.1 Å². The molecule has 5 heteroatoms. The number of nitrogens with two attached hydrogens (primary N) is 1. The van der Waals surface area contributed by atoms with Crippen molar-refractivity contribution in [1.82, 2.24) is 0 Å². The number of rotatable bonds is 5. The molecule has 0 spiro atoms. The Hall–Kier alpha value is -1.23. The minimum atomic E-state index is -0.622. The molecule has 0 atom stereocenters. The van der Waals surface area contributed by atoms with Gasteiger partial charge in [-0.15, -0.1) is 0 Å². The molecule has 0 amide bonds. The van der Waals surface area contributed by atoms with E-state index in [0.717, 1.165) is 6.42 Å². The third-order valence-electron chi connectivity index (χ3n) is 2.49. The Morgan fingerprint density at radius 1 is 1.29 bits per heavy atom. The van der Waals surface area contributed by atoms with Gasteiger partial charge < -0.3 is 10.6 Å². The number of halogens is 2. The number of nitrogens with zero attached hydrogens (tertiary/aromatic N) is 1. The van der Waals surface area contributed by atoms with Gasteiger partial charge in [-0.2, -0.15) is 0 Å². The highest BCUT2D eigenvalue weighted by Crippen LogP contribution is 2.25. The number of hydrogen-bond acceptors (Lipinski definition) is 2. The van der Waals surface area contributed by atoms with Crippen LogP contribution in [0.5, 0.6) is 0 Å². The van der Waals surface area contributed by atoms with E-state index in [2.05, 4.69) is 0 Å². The Balaban J connectivity index is 3.20. The first kappa shape index (κ1) is 13.8. The third-order valence-corrected chi connectivity index (χ3v) is 2.73. The summed E-state index contributed by atoms with van der Waals surface area (Å²) < 4.78 is 27.7. The number of benzene rings is 1. The molecule has 0 saturated heterocycles. The predicted molar refractivity (Wildman–Crippen MR) is 70.4 cm³/mol. The van der Waals surface area contributed by atoms with Gasteiger partial charge in [0.05, 0.1) is 0 Å². The van der Waals surface area contributed by atoms with Gasteiger partial charge in [0.15, 0.2) is 0 Å². The number of hydrogen-bond donors (Lipinski definition) is 1.